The first-order valence-corrected chi connectivity index (χ1v) is 5.70. The molecule has 1 aromatic heterocycles. The number of carbonyl (C=O) groups excluding carboxylic acids is 1. The fraction of sp³-hybridized carbons (Fsp3) is 0.538. The molecule has 17 heavy (non-hydrogen) atoms. The highest BCUT2D eigenvalue weighted by molar-refractivity contribution is 6.12. The zero-order valence-electron chi connectivity index (χ0n) is 10.6. The number of nitrogens with zero attached hydrogens (tertiary/aromatic N) is 1. The van der Waals surface area contributed by atoms with Crippen molar-refractivity contribution in [3.8, 4) is 0 Å². The van der Waals surface area contributed by atoms with Gasteiger partial charge in [0.25, 0.3) is 0 Å². The van der Waals surface area contributed by atoms with Crippen molar-refractivity contribution in [2.24, 2.45) is 10.6 Å². The van der Waals surface area contributed by atoms with Gasteiger partial charge in [0, 0.05) is 6.42 Å². The Morgan fingerprint density at radius 1 is 1.41 bits per heavy atom. The van der Waals surface area contributed by atoms with Crippen molar-refractivity contribution in [3.63, 3.8) is 0 Å². The molecule has 1 heterocycles. The number of hydrogen-bond donors (Lipinski definition) is 1. The highest BCUT2D eigenvalue weighted by Gasteiger charge is 2.36. The monoisotopic (exact) mass is 235 g/mol. The fourth-order valence-corrected chi connectivity index (χ4v) is 2.58. The van der Waals surface area contributed by atoms with Crippen LogP contribution in [0.2, 0.25) is 0 Å². The number of aryl methyl sites for hydroxylation is 1. The Morgan fingerprint density at radius 2 is 2.06 bits per heavy atom. The van der Waals surface area contributed by atoms with E-state index in [2.05, 4.69) is 19.0 Å². The second-order valence-electron chi connectivity index (χ2n) is 5.45. The first-order valence-electron chi connectivity index (χ1n) is 5.70. The number of carbonyl (C=O) groups is 1. The summed E-state index contributed by atoms with van der Waals surface area (Å²) in [6.07, 6.45) is 1.41. The summed E-state index contributed by atoms with van der Waals surface area (Å²) in [4.78, 5) is 11.6. The van der Waals surface area contributed by atoms with E-state index in [9.17, 15) is 4.79 Å². The number of oxime groups is 1. The van der Waals surface area contributed by atoms with E-state index in [1.807, 2.05) is 0 Å². The first kappa shape index (κ1) is 11.9. The Labute approximate surface area is 100 Å². The van der Waals surface area contributed by atoms with Crippen molar-refractivity contribution in [1.82, 2.24) is 0 Å². The summed E-state index contributed by atoms with van der Waals surface area (Å²) < 4.78 is 5.65. The third kappa shape index (κ3) is 1.88. The minimum Gasteiger partial charge on any atom is -0.465 e. The Morgan fingerprint density at radius 3 is 2.59 bits per heavy atom. The normalized spacial score (nSPS) is 20.4. The van der Waals surface area contributed by atoms with E-state index in [-0.39, 0.29) is 11.2 Å². The van der Waals surface area contributed by atoms with Crippen LogP contribution in [0.1, 0.15) is 54.6 Å². The third-order valence-electron chi connectivity index (χ3n) is 3.20. The largest absolute Gasteiger partial charge is 0.465 e. The summed E-state index contributed by atoms with van der Waals surface area (Å²) in [5.41, 5.74) is 1.81. The van der Waals surface area contributed by atoms with E-state index < -0.39 is 0 Å². The average molecular weight is 235 g/mol. The van der Waals surface area contributed by atoms with Crippen LogP contribution in [0.4, 0.5) is 0 Å². The molecule has 0 spiro atoms. The van der Waals surface area contributed by atoms with Crippen molar-refractivity contribution in [2.75, 3.05) is 0 Å². The van der Waals surface area contributed by atoms with Gasteiger partial charge in [-0.25, -0.2) is 0 Å². The Hall–Kier alpha value is -1.58. The van der Waals surface area contributed by atoms with Gasteiger partial charge in [-0.15, -0.1) is 0 Å². The quantitative estimate of drug-likeness (QED) is 0.462. The lowest BCUT2D eigenvalue weighted by Crippen LogP contribution is -2.27. The average Bonchev–Trinajstić information content (AvgIpc) is 2.50. The van der Waals surface area contributed by atoms with Crippen molar-refractivity contribution >= 4 is 11.5 Å². The molecule has 1 aliphatic rings. The molecule has 1 aromatic rings. The van der Waals surface area contributed by atoms with Crippen molar-refractivity contribution in [2.45, 2.75) is 40.5 Å². The maximum atomic E-state index is 11.6. The van der Waals surface area contributed by atoms with Gasteiger partial charge >= 0.3 is 0 Å². The molecule has 0 bridgehead atoms. The smallest absolute Gasteiger partial charge is 0.163 e. The van der Waals surface area contributed by atoms with E-state index >= 15 is 0 Å². The molecule has 4 heteroatoms. The Bertz CT molecular complexity index is 509. The lowest BCUT2D eigenvalue weighted by molar-refractivity contribution is 0.101. The van der Waals surface area contributed by atoms with Crippen LogP contribution in [0, 0.1) is 12.3 Å². The molecule has 1 N–H and O–H groups in total. The molecule has 0 saturated carbocycles. The zero-order chi connectivity index (χ0) is 12.8. The topological polar surface area (TPSA) is 62.8 Å². The predicted molar refractivity (Wildman–Crippen MR) is 63.9 cm³/mol. The lowest BCUT2D eigenvalue weighted by Gasteiger charge is -2.28. The fourth-order valence-electron chi connectivity index (χ4n) is 2.58. The predicted octanol–water partition coefficient (Wildman–Crippen LogP) is 2.94. The summed E-state index contributed by atoms with van der Waals surface area (Å²) in [6, 6.07) is 0. The van der Waals surface area contributed by atoms with Crippen LogP contribution < -0.4 is 0 Å². The van der Waals surface area contributed by atoms with Gasteiger partial charge in [0.2, 0.25) is 0 Å². The SMILES string of the molecule is CC(=O)c1c(C)oc2c1C(=NO)CC(C)(C)C2. The van der Waals surface area contributed by atoms with Gasteiger partial charge in [0.15, 0.2) is 5.78 Å². The van der Waals surface area contributed by atoms with Gasteiger partial charge in [-0.3, -0.25) is 4.79 Å². The molecule has 0 aromatic carbocycles. The van der Waals surface area contributed by atoms with E-state index in [0.29, 0.717) is 29.0 Å². The zero-order valence-corrected chi connectivity index (χ0v) is 10.6. The molecule has 1 aliphatic carbocycles. The van der Waals surface area contributed by atoms with Crippen molar-refractivity contribution in [1.29, 1.82) is 0 Å². The van der Waals surface area contributed by atoms with Crippen LogP contribution in [-0.2, 0) is 6.42 Å². The van der Waals surface area contributed by atoms with E-state index in [1.165, 1.54) is 6.92 Å². The number of Topliss-reactive ketones (excluding diaryl/α,β-unsaturated/α-hetero) is 1. The maximum Gasteiger partial charge on any atom is 0.163 e. The summed E-state index contributed by atoms with van der Waals surface area (Å²) in [7, 11) is 0. The van der Waals surface area contributed by atoms with Crippen LogP contribution in [0.25, 0.3) is 0 Å². The summed E-state index contributed by atoms with van der Waals surface area (Å²) in [5.74, 6) is 1.33. The van der Waals surface area contributed by atoms with Crippen molar-refractivity contribution in [3.05, 3.63) is 22.6 Å². The lowest BCUT2D eigenvalue weighted by atomic mass is 9.75. The third-order valence-corrected chi connectivity index (χ3v) is 3.20. The first-order chi connectivity index (χ1) is 7.85. The van der Waals surface area contributed by atoms with Crippen molar-refractivity contribution < 1.29 is 14.4 Å². The van der Waals surface area contributed by atoms with E-state index in [0.717, 1.165) is 12.2 Å². The minimum atomic E-state index is -0.0478. The standard InChI is InChI=1S/C13H17NO3/c1-7(15)11-8(2)17-10-6-13(3,4)5-9(14-16)12(10)11/h16H,5-6H2,1-4H3. The summed E-state index contributed by atoms with van der Waals surface area (Å²) in [5, 5.41) is 12.5. The molecule has 0 amide bonds. The maximum absolute atomic E-state index is 11.6. The number of hydrogen-bond acceptors (Lipinski definition) is 4. The number of rotatable bonds is 1. The number of furan rings is 1. The van der Waals surface area contributed by atoms with Gasteiger partial charge in [-0.2, -0.15) is 0 Å². The van der Waals surface area contributed by atoms with Gasteiger partial charge in [0.1, 0.15) is 11.5 Å². The van der Waals surface area contributed by atoms with E-state index in [1.54, 1.807) is 6.92 Å². The molecule has 0 fully saturated rings. The van der Waals surface area contributed by atoms with Crippen LogP contribution in [-0.4, -0.2) is 16.7 Å². The minimum absolute atomic E-state index is 0.00703. The molecule has 0 atom stereocenters. The molecule has 2 rings (SSSR count). The second-order valence-corrected chi connectivity index (χ2v) is 5.45. The molecule has 0 aliphatic heterocycles. The second kappa shape index (κ2) is 3.72. The molecular weight excluding hydrogens is 218 g/mol. The molecule has 0 unspecified atom stereocenters. The number of ketones is 1. The van der Waals surface area contributed by atoms with Gasteiger partial charge in [-0.05, 0) is 25.7 Å². The van der Waals surface area contributed by atoms with Gasteiger partial charge < -0.3 is 9.62 Å². The van der Waals surface area contributed by atoms with Crippen LogP contribution in [0.3, 0.4) is 0 Å². The van der Waals surface area contributed by atoms with Gasteiger partial charge in [0.05, 0.1) is 16.8 Å². The van der Waals surface area contributed by atoms with Crippen LogP contribution in [0.15, 0.2) is 9.57 Å². The highest BCUT2D eigenvalue weighted by Crippen LogP contribution is 2.38. The molecule has 0 saturated heterocycles. The summed E-state index contributed by atoms with van der Waals surface area (Å²) in [6.45, 7) is 7.46. The molecular formula is C13H17NO3. The Kier molecular flexibility index (Phi) is 2.60. The molecule has 0 radical (unpaired) electrons. The molecule has 4 nitrogen and oxygen atoms in total. The van der Waals surface area contributed by atoms with Crippen LogP contribution >= 0.6 is 0 Å². The Balaban J connectivity index is 2.67. The van der Waals surface area contributed by atoms with Gasteiger partial charge in [-0.1, -0.05) is 19.0 Å². The number of fused-ring (bicyclic) bond motifs is 1. The van der Waals surface area contributed by atoms with E-state index in [4.69, 9.17) is 9.62 Å². The summed E-state index contributed by atoms with van der Waals surface area (Å²) >= 11 is 0. The van der Waals surface area contributed by atoms with Crippen LogP contribution in [0.5, 0.6) is 0 Å². The highest BCUT2D eigenvalue weighted by atomic mass is 16.4. The molecule has 92 valence electrons.